The van der Waals surface area contributed by atoms with Gasteiger partial charge in [0.05, 0.1) is 35.8 Å². The van der Waals surface area contributed by atoms with Gasteiger partial charge in [-0.25, -0.2) is 9.78 Å². The summed E-state index contributed by atoms with van der Waals surface area (Å²) in [6.07, 6.45) is 3.14. The summed E-state index contributed by atoms with van der Waals surface area (Å²) < 4.78 is 19.2. The molecule has 0 aliphatic carbocycles. The molecule has 1 aromatic heterocycles. The molecule has 3 rings (SSSR count). The van der Waals surface area contributed by atoms with Crippen LogP contribution in [0.3, 0.4) is 0 Å². The molecule has 0 aliphatic rings. The average molecular weight is 674 g/mol. The maximum atomic E-state index is 13.3. The number of nitrogens with zero attached hydrogens (tertiary/aromatic N) is 3. The molecule has 186 valence electrons. The standard InChI is InChI=1S/C24H24Br3N3O5/c1-5-6-7-19-29-17-9-8-15(25)11-16(17)23(31)30(19)28-12-14-10-18(33-3)22(21(27)20(14)26)35-13(2)24(32)34-4/h8-13H,5-7H2,1-4H3/t13-/m0/s1. The molecule has 11 heteroatoms. The van der Waals surface area contributed by atoms with Crippen LogP contribution in [0.5, 0.6) is 11.5 Å². The zero-order valence-electron chi connectivity index (χ0n) is 19.6. The van der Waals surface area contributed by atoms with Crippen LogP contribution in [0, 0.1) is 0 Å². The van der Waals surface area contributed by atoms with Gasteiger partial charge in [-0.05, 0) is 69.5 Å². The highest BCUT2D eigenvalue weighted by atomic mass is 79.9. The zero-order valence-corrected chi connectivity index (χ0v) is 24.4. The second-order valence-corrected chi connectivity index (χ2v) is 10.1. The summed E-state index contributed by atoms with van der Waals surface area (Å²) in [6.45, 7) is 3.66. The van der Waals surface area contributed by atoms with Gasteiger partial charge < -0.3 is 14.2 Å². The van der Waals surface area contributed by atoms with Gasteiger partial charge in [-0.3, -0.25) is 4.79 Å². The van der Waals surface area contributed by atoms with Crippen molar-refractivity contribution < 1.29 is 19.0 Å². The van der Waals surface area contributed by atoms with Crippen molar-refractivity contribution in [3.63, 3.8) is 0 Å². The van der Waals surface area contributed by atoms with Crippen LogP contribution in [-0.4, -0.2) is 42.2 Å². The van der Waals surface area contributed by atoms with Gasteiger partial charge in [0.25, 0.3) is 5.56 Å². The van der Waals surface area contributed by atoms with Crippen molar-refractivity contribution in [2.75, 3.05) is 14.2 Å². The SMILES string of the molecule is CCCCc1nc2ccc(Br)cc2c(=O)n1N=Cc1cc(OC)c(O[C@@H](C)C(=O)OC)c(Br)c1Br. The van der Waals surface area contributed by atoms with E-state index in [9.17, 15) is 9.59 Å². The quantitative estimate of drug-likeness (QED) is 0.209. The predicted molar refractivity (Wildman–Crippen MR) is 146 cm³/mol. The first-order valence-corrected chi connectivity index (χ1v) is 13.2. The lowest BCUT2D eigenvalue weighted by molar-refractivity contribution is -0.147. The molecule has 0 amide bonds. The second kappa shape index (κ2) is 12.1. The number of fused-ring (bicyclic) bond motifs is 1. The van der Waals surface area contributed by atoms with Crippen LogP contribution in [-0.2, 0) is 16.0 Å². The van der Waals surface area contributed by atoms with E-state index in [0.29, 0.717) is 49.2 Å². The van der Waals surface area contributed by atoms with E-state index in [1.54, 1.807) is 25.3 Å². The van der Waals surface area contributed by atoms with Crippen molar-refractivity contribution in [3.05, 3.63) is 59.4 Å². The first-order valence-electron chi connectivity index (χ1n) is 10.8. The highest BCUT2D eigenvalue weighted by molar-refractivity contribution is 9.13. The Hall–Kier alpha value is -2.24. The smallest absolute Gasteiger partial charge is 0.346 e. The average Bonchev–Trinajstić information content (AvgIpc) is 2.85. The molecule has 0 aliphatic heterocycles. The van der Waals surface area contributed by atoms with Crippen molar-refractivity contribution in [3.8, 4) is 11.5 Å². The monoisotopic (exact) mass is 671 g/mol. The number of methoxy groups -OCH3 is 2. The van der Waals surface area contributed by atoms with Crippen molar-refractivity contribution in [1.82, 2.24) is 9.66 Å². The minimum Gasteiger partial charge on any atom is -0.493 e. The minimum atomic E-state index is -0.848. The van der Waals surface area contributed by atoms with Crippen molar-refractivity contribution >= 4 is 70.9 Å². The Morgan fingerprint density at radius 2 is 1.94 bits per heavy atom. The molecule has 0 saturated carbocycles. The largest absolute Gasteiger partial charge is 0.493 e. The summed E-state index contributed by atoms with van der Waals surface area (Å²) in [4.78, 5) is 29.8. The lowest BCUT2D eigenvalue weighted by atomic mass is 10.2. The predicted octanol–water partition coefficient (Wildman–Crippen LogP) is 5.86. The molecule has 35 heavy (non-hydrogen) atoms. The summed E-state index contributed by atoms with van der Waals surface area (Å²) in [5.74, 6) is 0.760. The number of rotatable bonds is 9. The van der Waals surface area contributed by atoms with Crippen molar-refractivity contribution in [1.29, 1.82) is 0 Å². The lowest BCUT2D eigenvalue weighted by Crippen LogP contribution is -2.25. The van der Waals surface area contributed by atoms with Crippen LogP contribution in [0.2, 0.25) is 0 Å². The summed E-state index contributed by atoms with van der Waals surface area (Å²) in [6, 6.07) is 7.11. The molecule has 0 saturated heterocycles. The molecule has 2 aromatic carbocycles. The molecule has 0 spiro atoms. The molecule has 0 bridgehead atoms. The van der Waals surface area contributed by atoms with E-state index in [1.807, 2.05) is 12.1 Å². The molecule has 0 N–H and O–H groups in total. The topological polar surface area (TPSA) is 92.0 Å². The number of unbranched alkanes of at least 4 members (excludes halogenated alkanes) is 1. The van der Waals surface area contributed by atoms with Gasteiger partial charge in [0, 0.05) is 20.9 Å². The van der Waals surface area contributed by atoms with Crippen LogP contribution >= 0.6 is 47.8 Å². The number of carbonyl (C=O) groups excluding carboxylic acids is 1. The molecule has 1 heterocycles. The summed E-state index contributed by atoms with van der Waals surface area (Å²) in [7, 11) is 2.78. The Morgan fingerprint density at radius 3 is 2.60 bits per heavy atom. The zero-order chi connectivity index (χ0) is 25.7. The third-order valence-corrected chi connectivity index (χ3v) is 7.78. The molecular formula is C24H24Br3N3O5. The summed E-state index contributed by atoms with van der Waals surface area (Å²) in [5, 5.41) is 4.97. The summed E-state index contributed by atoms with van der Waals surface area (Å²) in [5.41, 5.74) is 0.990. The number of aromatic nitrogens is 2. The van der Waals surface area contributed by atoms with E-state index in [2.05, 4.69) is 59.8 Å². The highest BCUT2D eigenvalue weighted by Gasteiger charge is 2.22. The lowest BCUT2D eigenvalue weighted by Gasteiger charge is -2.18. The van der Waals surface area contributed by atoms with Crippen LogP contribution < -0.4 is 15.0 Å². The van der Waals surface area contributed by atoms with Gasteiger partial charge in [-0.1, -0.05) is 29.3 Å². The Labute approximate surface area is 228 Å². The maximum absolute atomic E-state index is 13.3. The fourth-order valence-electron chi connectivity index (χ4n) is 3.28. The van der Waals surface area contributed by atoms with E-state index < -0.39 is 12.1 Å². The normalized spacial score (nSPS) is 12.2. The molecule has 1 atom stereocenters. The molecular weight excluding hydrogens is 650 g/mol. The molecule has 0 radical (unpaired) electrons. The molecule has 0 unspecified atom stereocenters. The van der Waals surface area contributed by atoms with Gasteiger partial charge in [0.1, 0.15) is 5.82 Å². The number of benzene rings is 2. The Balaban J connectivity index is 2.09. The van der Waals surface area contributed by atoms with E-state index >= 15 is 0 Å². The van der Waals surface area contributed by atoms with Crippen molar-refractivity contribution in [2.24, 2.45) is 5.10 Å². The number of carbonyl (C=O) groups is 1. The van der Waals surface area contributed by atoms with Crippen LogP contribution in [0.1, 0.15) is 38.1 Å². The Bertz CT molecular complexity index is 1340. The molecule has 0 fully saturated rings. The number of esters is 1. The first-order chi connectivity index (χ1) is 16.7. The minimum absolute atomic E-state index is 0.257. The van der Waals surface area contributed by atoms with E-state index in [1.165, 1.54) is 18.9 Å². The third-order valence-electron chi connectivity index (χ3n) is 5.15. The van der Waals surface area contributed by atoms with E-state index in [4.69, 9.17) is 19.2 Å². The summed E-state index contributed by atoms with van der Waals surface area (Å²) >= 11 is 10.5. The van der Waals surface area contributed by atoms with Gasteiger partial charge in [-0.2, -0.15) is 9.78 Å². The molecule has 3 aromatic rings. The van der Waals surface area contributed by atoms with Gasteiger partial charge in [0.15, 0.2) is 17.6 Å². The maximum Gasteiger partial charge on any atom is 0.346 e. The number of aryl methyl sites for hydroxylation is 1. The van der Waals surface area contributed by atoms with Crippen LogP contribution in [0.15, 0.2) is 47.6 Å². The number of halogens is 3. The van der Waals surface area contributed by atoms with Gasteiger partial charge >= 0.3 is 5.97 Å². The highest BCUT2D eigenvalue weighted by Crippen LogP contribution is 2.42. The third kappa shape index (κ3) is 6.13. The van der Waals surface area contributed by atoms with Crippen LogP contribution in [0.25, 0.3) is 10.9 Å². The fourth-order valence-corrected chi connectivity index (χ4v) is 4.56. The van der Waals surface area contributed by atoms with Crippen LogP contribution in [0.4, 0.5) is 0 Å². The van der Waals surface area contributed by atoms with Gasteiger partial charge in [-0.15, -0.1) is 0 Å². The number of hydrogen-bond acceptors (Lipinski definition) is 7. The Morgan fingerprint density at radius 1 is 1.20 bits per heavy atom. The number of hydrogen-bond donors (Lipinski definition) is 0. The fraction of sp³-hybridized carbons (Fsp3) is 0.333. The number of ether oxygens (including phenoxy) is 3. The molecule has 8 nitrogen and oxygen atoms in total. The van der Waals surface area contributed by atoms with E-state index in [0.717, 1.165) is 17.3 Å². The Kier molecular flexibility index (Phi) is 9.48. The first kappa shape index (κ1) is 27.3. The van der Waals surface area contributed by atoms with Gasteiger partial charge in [0.2, 0.25) is 0 Å². The van der Waals surface area contributed by atoms with E-state index in [-0.39, 0.29) is 5.56 Å². The second-order valence-electron chi connectivity index (χ2n) is 7.56. The van der Waals surface area contributed by atoms with Crippen molar-refractivity contribution in [2.45, 2.75) is 39.2 Å².